The number of fused-ring (bicyclic) bond motifs is 1. The molecule has 1 aliphatic carbocycles. The number of benzene rings is 1. The van der Waals surface area contributed by atoms with Crippen LogP contribution in [0.1, 0.15) is 35.4 Å². The van der Waals surface area contributed by atoms with Crippen molar-refractivity contribution in [3.05, 3.63) is 34.9 Å². The van der Waals surface area contributed by atoms with Crippen LogP contribution in [0.4, 0.5) is 0 Å². The van der Waals surface area contributed by atoms with Gasteiger partial charge in [-0.25, -0.2) is 0 Å². The highest BCUT2D eigenvalue weighted by Gasteiger charge is 2.18. The van der Waals surface area contributed by atoms with Crippen LogP contribution in [0.25, 0.3) is 0 Å². The van der Waals surface area contributed by atoms with Crippen molar-refractivity contribution in [1.82, 2.24) is 0 Å². The van der Waals surface area contributed by atoms with Crippen LogP contribution in [0.15, 0.2) is 23.4 Å². The lowest BCUT2D eigenvalue weighted by Crippen LogP contribution is -2.11. The molecule has 0 bridgehead atoms. The molecule has 2 nitrogen and oxygen atoms in total. The lowest BCUT2D eigenvalue weighted by Gasteiger charge is -2.22. The summed E-state index contributed by atoms with van der Waals surface area (Å²) in [5.41, 5.74) is 4.03. The highest BCUT2D eigenvalue weighted by atomic mass is 16.4. The monoisotopic (exact) mass is 189 g/mol. The summed E-state index contributed by atoms with van der Waals surface area (Å²) in [6, 6.07) is 6.56. The molecule has 0 radical (unpaired) electrons. The minimum atomic E-state index is 0.309. The normalized spacial score (nSPS) is 21.1. The van der Waals surface area contributed by atoms with Gasteiger partial charge in [0.2, 0.25) is 0 Å². The minimum Gasteiger partial charge on any atom is -0.411 e. The highest BCUT2D eigenvalue weighted by Crippen LogP contribution is 2.30. The summed E-state index contributed by atoms with van der Waals surface area (Å²) in [6.45, 7) is 2.10. The number of aryl methyl sites for hydroxylation is 2. The van der Waals surface area contributed by atoms with Crippen LogP contribution in [-0.2, 0) is 6.42 Å². The molecule has 1 aromatic rings. The molecule has 0 amide bonds. The smallest absolute Gasteiger partial charge is 0.0510 e. The van der Waals surface area contributed by atoms with Gasteiger partial charge in [0.15, 0.2) is 0 Å². The van der Waals surface area contributed by atoms with Gasteiger partial charge in [0.1, 0.15) is 0 Å². The van der Waals surface area contributed by atoms with E-state index in [1.54, 1.807) is 6.21 Å². The predicted molar refractivity (Wildman–Crippen MR) is 57.1 cm³/mol. The van der Waals surface area contributed by atoms with E-state index in [1.807, 2.05) is 0 Å². The topological polar surface area (TPSA) is 32.6 Å². The van der Waals surface area contributed by atoms with Gasteiger partial charge in [-0.05, 0) is 37.3 Å². The number of hydrogen-bond donors (Lipinski definition) is 1. The van der Waals surface area contributed by atoms with Crippen molar-refractivity contribution in [2.45, 2.75) is 32.1 Å². The zero-order valence-electron chi connectivity index (χ0n) is 8.40. The number of hydrogen-bond acceptors (Lipinski definition) is 2. The Morgan fingerprint density at radius 2 is 2.36 bits per heavy atom. The molecule has 0 aromatic heterocycles. The van der Waals surface area contributed by atoms with Gasteiger partial charge < -0.3 is 5.21 Å². The standard InChI is InChI=1S/C12H15NO/c1-9-5-6-10-3-2-4-11(8-13-14)12(10)7-9/h5-8,11,14H,2-4H2,1H3. The molecule has 0 saturated heterocycles. The first-order valence-electron chi connectivity index (χ1n) is 5.08. The Bertz CT molecular complexity index is 357. The summed E-state index contributed by atoms with van der Waals surface area (Å²) < 4.78 is 0. The summed E-state index contributed by atoms with van der Waals surface area (Å²) in [5.74, 6) is 0.309. The summed E-state index contributed by atoms with van der Waals surface area (Å²) in [6.07, 6.45) is 5.09. The minimum absolute atomic E-state index is 0.309. The second kappa shape index (κ2) is 3.82. The molecule has 2 heteroatoms. The molecule has 1 aliphatic rings. The Balaban J connectivity index is 2.41. The lowest BCUT2D eigenvalue weighted by atomic mass is 9.83. The van der Waals surface area contributed by atoms with Crippen molar-refractivity contribution in [3.63, 3.8) is 0 Å². The molecule has 1 atom stereocenters. The first-order chi connectivity index (χ1) is 6.81. The quantitative estimate of drug-likeness (QED) is 0.411. The van der Waals surface area contributed by atoms with Crippen LogP contribution < -0.4 is 0 Å². The van der Waals surface area contributed by atoms with Gasteiger partial charge in [-0.3, -0.25) is 0 Å². The van der Waals surface area contributed by atoms with Crippen LogP contribution in [0, 0.1) is 6.92 Å². The van der Waals surface area contributed by atoms with E-state index < -0.39 is 0 Å². The fourth-order valence-corrected chi connectivity index (χ4v) is 2.19. The second-order valence-electron chi connectivity index (χ2n) is 3.97. The van der Waals surface area contributed by atoms with Crippen molar-refractivity contribution in [3.8, 4) is 0 Å². The fraction of sp³-hybridized carbons (Fsp3) is 0.417. The molecule has 2 rings (SSSR count). The molecule has 1 N–H and O–H groups in total. The molecule has 0 spiro atoms. The van der Waals surface area contributed by atoms with Crippen molar-refractivity contribution < 1.29 is 5.21 Å². The van der Waals surface area contributed by atoms with Gasteiger partial charge in [-0.2, -0.15) is 0 Å². The number of nitrogens with zero attached hydrogens (tertiary/aromatic N) is 1. The van der Waals surface area contributed by atoms with Crippen molar-refractivity contribution >= 4 is 6.21 Å². The van der Waals surface area contributed by atoms with Crippen molar-refractivity contribution in [1.29, 1.82) is 0 Å². The van der Waals surface area contributed by atoms with Crippen LogP contribution in [0.2, 0.25) is 0 Å². The maximum atomic E-state index is 8.58. The molecule has 14 heavy (non-hydrogen) atoms. The van der Waals surface area contributed by atoms with Crippen LogP contribution in [0.3, 0.4) is 0 Å². The third kappa shape index (κ3) is 1.65. The molecule has 0 heterocycles. The molecule has 0 saturated carbocycles. The summed E-state index contributed by atoms with van der Waals surface area (Å²) in [4.78, 5) is 0. The maximum absolute atomic E-state index is 8.58. The summed E-state index contributed by atoms with van der Waals surface area (Å²) in [5, 5.41) is 11.7. The second-order valence-corrected chi connectivity index (χ2v) is 3.97. The van der Waals surface area contributed by atoms with E-state index in [-0.39, 0.29) is 0 Å². The maximum Gasteiger partial charge on any atom is 0.0510 e. The van der Waals surface area contributed by atoms with Crippen LogP contribution in [-0.4, -0.2) is 11.4 Å². The predicted octanol–water partition coefficient (Wildman–Crippen LogP) is 2.87. The fourth-order valence-electron chi connectivity index (χ4n) is 2.19. The van der Waals surface area contributed by atoms with Crippen molar-refractivity contribution in [2.24, 2.45) is 5.16 Å². The Morgan fingerprint density at radius 1 is 1.50 bits per heavy atom. The molecule has 74 valence electrons. The van der Waals surface area contributed by atoms with Gasteiger partial charge in [0, 0.05) is 5.92 Å². The van der Waals surface area contributed by atoms with Gasteiger partial charge in [-0.1, -0.05) is 23.8 Å². The van der Waals surface area contributed by atoms with E-state index in [4.69, 9.17) is 5.21 Å². The van der Waals surface area contributed by atoms with Gasteiger partial charge in [0.05, 0.1) is 6.21 Å². The van der Waals surface area contributed by atoms with E-state index in [0.29, 0.717) is 5.92 Å². The largest absolute Gasteiger partial charge is 0.411 e. The zero-order valence-corrected chi connectivity index (χ0v) is 8.40. The summed E-state index contributed by atoms with van der Waals surface area (Å²) >= 11 is 0. The average molecular weight is 189 g/mol. The number of oxime groups is 1. The Morgan fingerprint density at radius 3 is 3.14 bits per heavy atom. The molecule has 0 fully saturated rings. The summed E-state index contributed by atoms with van der Waals surface area (Å²) in [7, 11) is 0. The first kappa shape index (κ1) is 9.25. The molecular weight excluding hydrogens is 174 g/mol. The van der Waals surface area contributed by atoms with Gasteiger partial charge >= 0.3 is 0 Å². The Labute approximate surface area is 84.3 Å². The third-order valence-corrected chi connectivity index (χ3v) is 2.91. The zero-order chi connectivity index (χ0) is 9.97. The molecule has 1 aromatic carbocycles. The SMILES string of the molecule is Cc1ccc2c(c1)C(C=NO)CCC2. The van der Waals surface area contributed by atoms with E-state index in [1.165, 1.54) is 23.1 Å². The third-order valence-electron chi connectivity index (χ3n) is 2.91. The van der Waals surface area contributed by atoms with Gasteiger partial charge in [0.25, 0.3) is 0 Å². The van der Waals surface area contributed by atoms with Crippen LogP contribution >= 0.6 is 0 Å². The van der Waals surface area contributed by atoms with Crippen LogP contribution in [0.5, 0.6) is 0 Å². The van der Waals surface area contributed by atoms with Crippen molar-refractivity contribution in [2.75, 3.05) is 0 Å². The first-order valence-corrected chi connectivity index (χ1v) is 5.08. The van der Waals surface area contributed by atoms with E-state index >= 15 is 0 Å². The number of rotatable bonds is 1. The molecule has 0 aliphatic heterocycles. The Kier molecular flexibility index (Phi) is 2.53. The molecule has 1 unspecified atom stereocenters. The Hall–Kier alpha value is -1.31. The van der Waals surface area contributed by atoms with Gasteiger partial charge in [-0.15, -0.1) is 5.16 Å². The van der Waals surface area contributed by atoms with E-state index in [9.17, 15) is 0 Å². The van der Waals surface area contributed by atoms with E-state index in [0.717, 1.165) is 12.8 Å². The molecular formula is C12H15NO. The lowest BCUT2D eigenvalue weighted by molar-refractivity contribution is 0.319. The average Bonchev–Trinajstić information content (AvgIpc) is 2.19. The van der Waals surface area contributed by atoms with E-state index in [2.05, 4.69) is 30.3 Å². The highest BCUT2D eigenvalue weighted by molar-refractivity contribution is 5.68.